The minimum atomic E-state index is 0.196. The van der Waals surface area contributed by atoms with E-state index in [1.807, 2.05) is 0 Å². The van der Waals surface area contributed by atoms with Crippen molar-refractivity contribution in [2.75, 3.05) is 18.2 Å². The van der Waals surface area contributed by atoms with Crippen LogP contribution in [0, 0.1) is 0 Å². The number of nitrogens with one attached hydrogen (secondary N) is 1. The van der Waals surface area contributed by atoms with E-state index in [1.165, 1.54) is 16.1 Å². The SMILES string of the molecule is CCC1c2ccc(SC)cc2NC1CO. The monoisotopic (exact) mass is 223 g/mol. The lowest BCUT2D eigenvalue weighted by molar-refractivity contribution is 0.261. The second kappa shape index (κ2) is 4.45. The van der Waals surface area contributed by atoms with Crippen molar-refractivity contribution in [1.82, 2.24) is 0 Å². The molecule has 15 heavy (non-hydrogen) atoms. The van der Waals surface area contributed by atoms with Gasteiger partial charge in [-0.3, -0.25) is 0 Å². The van der Waals surface area contributed by atoms with Crippen LogP contribution in [0.4, 0.5) is 5.69 Å². The van der Waals surface area contributed by atoms with Gasteiger partial charge in [0.25, 0.3) is 0 Å². The number of hydrogen-bond acceptors (Lipinski definition) is 3. The Bertz CT molecular complexity index is 353. The topological polar surface area (TPSA) is 32.3 Å². The summed E-state index contributed by atoms with van der Waals surface area (Å²) in [5.74, 6) is 0.459. The van der Waals surface area contributed by atoms with Crippen molar-refractivity contribution in [3.05, 3.63) is 23.8 Å². The summed E-state index contributed by atoms with van der Waals surface area (Å²) in [6.07, 6.45) is 3.15. The lowest BCUT2D eigenvalue weighted by Gasteiger charge is -2.15. The summed E-state index contributed by atoms with van der Waals surface area (Å²) in [5.41, 5.74) is 2.56. The number of benzene rings is 1. The van der Waals surface area contributed by atoms with Crippen molar-refractivity contribution < 1.29 is 5.11 Å². The van der Waals surface area contributed by atoms with Gasteiger partial charge in [0.2, 0.25) is 0 Å². The zero-order valence-corrected chi connectivity index (χ0v) is 9.97. The van der Waals surface area contributed by atoms with E-state index >= 15 is 0 Å². The highest BCUT2D eigenvalue weighted by Crippen LogP contribution is 2.39. The molecule has 1 aliphatic rings. The van der Waals surface area contributed by atoms with Gasteiger partial charge >= 0.3 is 0 Å². The molecule has 0 bridgehead atoms. The fourth-order valence-corrected chi connectivity index (χ4v) is 2.74. The summed E-state index contributed by atoms with van der Waals surface area (Å²) in [5, 5.41) is 12.7. The molecular formula is C12H17NOS. The molecule has 2 N–H and O–H groups in total. The highest BCUT2D eigenvalue weighted by Gasteiger charge is 2.29. The van der Waals surface area contributed by atoms with Crippen LogP contribution in [0.25, 0.3) is 0 Å². The first kappa shape index (κ1) is 10.8. The molecule has 0 saturated heterocycles. The van der Waals surface area contributed by atoms with Crippen molar-refractivity contribution in [2.24, 2.45) is 0 Å². The Morgan fingerprint density at radius 1 is 1.47 bits per heavy atom. The van der Waals surface area contributed by atoms with E-state index in [4.69, 9.17) is 0 Å². The standard InChI is InChI=1S/C12H17NOS/c1-3-9-10-5-4-8(15-2)6-11(10)13-12(9)7-14/h4-6,9,12-14H,3,7H2,1-2H3. The normalized spacial score (nSPS) is 23.7. The van der Waals surface area contributed by atoms with Crippen LogP contribution in [0.5, 0.6) is 0 Å². The van der Waals surface area contributed by atoms with Gasteiger partial charge in [0.15, 0.2) is 0 Å². The smallest absolute Gasteiger partial charge is 0.0638 e. The average molecular weight is 223 g/mol. The molecule has 1 heterocycles. The highest BCUT2D eigenvalue weighted by molar-refractivity contribution is 7.98. The predicted molar refractivity (Wildman–Crippen MR) is 65.8 cm³/mol. The van der Waals surface area contributed by atoms with E-state index in [0.717, 1.165) is 6.42 Å². The molecule has 1 aliphatic heterocycles. The molecule has 2 atom stereocenters. The average Bonchev–Trinajstić information content (AvgIpc) is 2.65. The van der Waals surface area contributed by atoms with Crippen LogP contribution < -0.4 is 5.32 Å². The number of fused-ring (bicyclic) bond motifs is 1. The minimum Gasteiger partial charge on any atom is -0.394 e. The van der Waals surface area contributed by atoms with Crippen LogP contribution in [-0.4, -0.2) is 24.0 Å². The molecule has 1 aromatic carbocycles. The van der Waals surface area contributed by atoms with E-state index in [2.05, 4.69) is 36.7 Å². The lowest BCUT2D eigenvalue weighted by atomic mass is 9.93. The molecule has 0 aliphatic carbocycles. The number of rotatable bonds is 3. The van der Waals surface area contributed by atoms with Gasteiger partial charge in [-0.1, -0.05) is 13.0 Å². The van der Waals surface area contributed by atoms with E-state index in [9.17, 15) is 5.11 Å². The summed E-state index contributed by atoms with van der Waals surface area (Å²) in [7, 11) is 0. The molecule has 0 amide bonds. The van der Waals surface area contributed by atoms with Gasteiger partial charge in [-0.15, -0.1) is 11.8 Å². The van der Waals surface area contributed by atoms with E-state index in [1.54, 1.807) is 11.8 Å². The third-order valence-electron chi connectivity index (χ3n) is 3.12. The zero-order valence-electron chi connectivity index (χ0n) is 9.16. The third kappa shape index (κ3) is 1.86. The number of aliphatic hydroxyl groups is 1. The van der Waals surface area contributed by atoms with Gasteiger partial charge in [-0.25, -0.2) is 0 Å². The third-order valence-corrected chi connectivity index (χ3v) is 3.85. The first-order valence-corrected chi connectivity index (χ1v) is 6.58. The highest BCUT2D eigenvalue weighted by atomic mass is 32.2. The van der Waals surface area contributed by atoms with Crippen molar-refractivity contribution >= 4 is 17.4 Å². The number of aliphatic hydroxyl groups excluding tert-OH is 1. The maximum Gasteiger partial charge on any atom is 0.0638 e. The van der Waals surface area contributed by atoms with Crippen molar-refractivity contribution in [1.29, 1.82) is 0 Å². The van der Waals surface area contributed by atoms with Gasteiger partial charge < -0.3 is 10.4 Å². The lowest BCUT2D eigenvalue weighted by Crippen LogP contribution is -2.24. The Balaban J connectivity index is 2.34. The zero-order chi connectivity index (χ0) is 10.8. The Kier molecular flexibility index (Phi) is 3.22. The van der Waals surface area contributed by atoms with Crippen LogP contribution >= 0.6 is 11.8 Å². The Hall–Kier alpha value is -0.670. The van der Waals surface area contributed by atoms with Gasteiger partial charge in [-0.05, 0) is 30.4 Å². The minimum absolute atomic E-state index is 0.196. The fourth-order valence-electron chi connectivity index (χ4n) is 2.31. The van der Waals surface area contributed by atoms with Crippen molar-refractivity contribution in [3.63, 3.8) is 0 Å². The van der Waals surface area contributed by atoms with E-state index < -0.39 is 0 Å². The van der Waals surface area contributed by atoms with Crippen molar-refractivity contribution in [2.45, 2.75) is 30.2 Å². The molecule has 0 spiro atoms. The largest absolute Gasteiger partial charge is 0.394 e. The van der Waals surface area contributed by atoms with Gasteiger partial charge in [0, 0.05) is 16.5 Å². The second-order valence-electron chi connectivity index (χ2n) is 3.90. The number of thioether (sulfide) groups is 1. The maximum absolute atomic E-state index is 9.30. The van der Waals surface area contributed by atoms with Gasteiger partial charge in [0.1, 0.15) is 0 Å². The van der Waals surface area contributed by atoms with Crippen LogP contribution in [0.2, 0.25) is 0 Å². The molecule has 0 saturated carbocycles. The van der Waals surface area contributed by atoms with E-state index in [-0.39, 0.29) is 12.6 Å². The first-order valence-electron chi connectivity index (χ1n) is 5.35. The molecule has 0 fully saturated rings. The summed E-state index contributed by atoms with van der Waals surface area (Å²) >= 11 is 1.75. The number of anilines is 1. The van der Waals surface area contributed by atoms with Crippen molar-refractivity contribution in [3.8, 4) is 0 Å². The quantitative estimate of drug-likeness (QED) is 0.773. The van der Waals surface area contributed by atoms with Gasteiger partial charge in [0.05, 0.1) is 12.6 Å². The molecule has 0 aromatic heterocycles. The molecule has 1 aromatic rings. The fraction of sp³-hybridized carbons (Fsp3) is 0.500. The van der Waals surface area contributed by atoms with Crippen LogP contribution in [0.1, 0.15) is 24.8 Å². The summed E-state index contributed by atoms with van der Waals surface area (Å²) in [6, 6.07) is 6.73. The molecule has 82 valence electrons. The summed E-state index contributed by atoms with van der Waals surface area (Å²) in [6.45, 7) is 2.38. The molecule has 2 rings (SSSR count). The molecule has 3 heteroatoms. The Morgan fingerprint density at radius 3 is 2.87 bits per heavy atom. The summed E-state index contributed by atoms with van der Waals surface area (Å²) < 4.78 is 0. The molecule has 2 unspecified atom stereocenters. The first-order chi connectivity index (χ1) is 7.30. The summed E-state index contributed by atoms with van der Waals surface area (Å²) in [4.78, 5) is 1.27. The second-order valence-corrected chi connectivity index (χ2v) is 4.78. The van der Waals surface area contributed by atoms with E-state index in [0.29, 0.717) is 5.92 Å². The Morgan fingerprint density at radius 2 is 2.27 bits per heavy atom. The number of hydrogen-bond donors (Lipinski definition) is 2. The van der Waals surface area contributed by atoms with Crippen LogP contribution in [0.3, 0.4) is 0 Å². The Labute approximate surface area is 95.1 Å². The molecule has 2 nitrogen and oxygen atoms in total. The predicted octanol–water partition coefficient (Wildman–Crippen LogP) is 2.69. The van der Waals surface area contributed by atoms with Gasteiger partial charge in [-0.2, -0.15) is 0 Å². The molecule has 0 radical (unpaired) electrons. The maximum atomic E-state index is 9.30. The van der Waals surface area contributed by atoms with Crippen LogP contribution in [0.15, 0.2) is 23.1 Å². The van der Waals surface area contributed by atoms with Crippen LogP contribution in [-0.2, 0) is 0 Å². The molecular weight excluding hydrogens is 206 g/mol.